The van der Waals surface area contributed by atoms with Gasteiger partial charge in [-0.3, -0.25) is 4.79 Å². The number of rotatable bonds is 5. The van der Waals surface area contributed by atoms with E-state index in [-0.39, 0.29) is 5.91 Å². The molecule has 104 valence electrons. The predicted molar refractivity (Wildman–Crippen MR) is 83.8 cm³/mol. The number of hydrogen-bond acceptors (Lipinski definition) is 2. The molecule has 0 aromatic heterocycles. The summed E-state index contributed by atoms with van der Waals surface area (Å²) in [4.78, 5) is 12.0. The number of carbonyl (C=O) groups excluding carboxylic acids is 1. The summed E-state index contributed by atoms with van der Waals surface area (Å²) in [6, 6.07) is 15.5. The normalized spacial score (nSPS) is 10.3. The Bertz CT molecular complexity index is 599. The van der Waals surface area contributed by atoms with E-state index in [2.05, 4.69) is 21.2 Å². The molecule has 0 heterocycles. The fourth-order valence-corrected chi connectivity index (χ4v) is 2.41. The third kappa shape index (κ3) is 3.68. The van der Waals surface area contributed by atoms with Gasteiger partial charge in [0.2, 0.25) is 0 Å². The van der Waals surface area contributed by atoms with Crippen LogP contribution in [0.15, 0.2) is 53.0 Å². The second-order valence-electron chi connectivity index (χ2n) is 4.31. The van der Waals surface area contributed by atoms with Crippen molar-refractivity contribution in [2.45, 2.75) is 0 Å². The first-order valence-corrected chi connectivity index (χ1v) is 7.14. The Morgan fingerprint density at radius 1 is 1.20 bits per heavy atom. The molecule has 3 nitrogen and oxygen atoms in total. The molecule has 1 N–H and O–H groups in total. The highest BCUT2D eigenvalue weighted by Gasteiger charge is 2.08. The maximum Gasteiger partial charge on any atom is 0.251 e. The number of benzene rings is 2. The van der Waals surface area contributed by atoms with Crippen LogP contribution in [0.5, 0.6) is 0 Å². The summed E-state index contributed by atoms with van der Waals surface area (Å²) in [7, 11) is 1.61. The molecule has 0 aliphatic rings. The molecule has 0 saturated heterocycles. The molecule has 2 rings (SSSR count). The minimum absolute atomic E-state index is 0.0871. The molecule has 0 aliphatic carbocycles. The number of halogens is 1. The van der Waals surface area contributed by atoms with Crippen molar-refractivity contribution in [1.82, 2.24) is 5.32 Å². The van der Waals surface area contributed by atoms with Crippen LogP contribution < -0.4 is 5.32 Å². The summed E-state index contributed by atoms with van der Waals surface area (Å²) in [5.41, 5.74) is 2.73. The minimum atomic E-state index is -0.0871. The predicted octanol–water partition coefficient (Wildman–Crippen LogP) is 3.49. The molecule has 0 atom stereocenters. The number of ether oxygens (including phenoxy) is 1. The molecule has 0 spiro atoms. The molecule has 0 radical (unpaired) electrons. The zero-order chi connectivity index (χ0) is 14.4. The number of methoxy groups -OCH3 is 1. The molecular formula is C16H16BrNO2. The zero-order valence-electron chi connectivity index (χ0n) is 11.2. The van der Waals surface area contributed by atoms with Crippen LogP contribution in [0.2, 0.25) is 0 Å². The number of carbonyl (C=O) groups is 1. The quantitative estimate of drug-likeness (QED) is 0.850. The highest BCUT2D eigenvalue weighted by Crippen LogP contribution is 2.28. The third-order valence-corrected chi connectivity index (χ3v) is 3.59. The van der Waals surface area contributed by atoms with Crippen molar-refractivity contribution in [3.05, 3.63) is 58.6 Å². The molecule has 0 bridgehead atoms. The lowest BCUT2D eigenvalue weighted by atomic mass is 10.0. The van der Waals surface area contributed by atoms with E-state index in [1.54, 1.807) is 7.11 Å². The Kier molecular flexibility index (Phi) is 5.32. The first-order chi connectivity index (χ1) is 9.72. The van der Waals surface area contributed by atoms with Gasteiger partial charge in [0.05, 0.1) is 6.61 Å². The lowest BCUT2D eigenvalue weighted by Crippen LogP contribution is -2.26. The zero-order valence-corrected chi connectivity index (χ0v) is 12.8. The van der Waals surface area contributed by atoms with Crippen LogP contribution in [0, 0.1) is 0 Å². The van der Waals surface area contributed by atoms with Crippen LogP contribution >= 0.6 is 15.9 Å². The fraction of sp³-hybridized carbons (Fsp3) is 0.188. The van der Waals surface area contributed by atoms with Gasteiger partial charge in [0, 0.05) is 23.7 Å². The molecule has 0 fully saturated rings. The highest BCUT2D eigenvalue weighted by molar-refractivity contribution is 9.10. The molecule has 0 unspecified atom stereocenters. The van der Waals surface area contributed by atoms with Crippen LogP contribution in [-0.2, 0) is 4.74 Å². The molecule has 0 aliphatic heterocycles. The Morgan fingerprint density at radius 2 is 2.00 bits per heavy atom. The summed E-state index contributed by atoms with van der Waals surface area (Å²) in [6.07, 6.45) is 0. The van der Waals surface area contributed by atoms with Gasteiger partial charge in [0.15, 0.2) is 0 Å². The van der Waals surface area contributed by atoms with Gasteiger partial charge in [-0.2, -0.15) is 0 Å². The summed E-state index contributed by atoms with van der Waals surface area (Å²) >= 11 is 3.53. The van der Waals surface area contributed by atoms with E-state index in [9.17, 15) is 4.79 Å². The SMILES string of the molecule is COCCNC(=O)c1cccc(-c2ccccc2Br)c1. The average molecular weight is 334 g/mol. The maximum absolute atomic E-state index is 12.0. The first-order valence-electron chi connectivity index (χ1n) is 6.34. The van der Waals surface area contributed by atoms with Crippen molar-refractivity contribution in [2.75, 3.05) is 20.3 Å². The van der Waals surface area contributed by atoms with E-state index in [1.807, 2.05) is 48.5 Å². The molecule has 1 amide bonds. The molecule has 2 aromatic carbocycles. The first kappa shape index (κ1) is 14.8. The molecular weight excluding hydrogens is 318 g/mol. The van der Waals surface area contributed by atoms with Gasteiger partial charge >= 0.3 is 0 Å². The van der Waals surface area contributed by atoms with Gasteiger partial charge in [-0.05, 0) is 29.3 Å². The van der Waals surface area contributed by atoms with Crippen LogP contribution in [0.1, 0.15) is 10.4 Å². The molecule has 0 saturated carbocycles. The molecule has 20 heavy (non-hydrogen) atoms. The van der Waals surface area contributed by atoms with Gasteiger partial charge < -0.3 is 10.1 Å². The van der Waals surface area contributed by atoms with Crippen molar-refractivity contribution in [2.24, 2.45) is 0 Å². The van der Waals surface area contributed by atoms with Crippen molar-refractivity contribution in [1.29, 1.82) is 0 Å². The van der Waals surface area contributed by atoms with Gasteiger partial charge in [-0.15, -0.1) is 0 Å². The van der Waals surface area contributed by atoms with Gasteiger partial charge in [-0.25, -0.2) is 0 Å². The Morgan fingerprint density at radius 3 is 2.75 bits per heavy atom. The summed E-state index contributed by atoms with van der Waals surface area (Å²) < 4.78 is 5.93. The summed E-state index contributed by atoms with van der Waals surface area (Å²) in [5, 5.41) is 2.82. The molecule has 2 aromatic rings. The lowest BCUT2D eigenvalue weighted by molar-refractivity contribution is 0.0937. The smallest absolute Gasteiger partial charge is 0.251 e. The van der Waals surface area contributed by atoms with Gasteiger partial charge in [0.1, 0.15) is 0 Å². The fourth-order valence-electron chi connectivity index (χ4n) is 1.89. The van der Waals surface area contributed by atoms with Crippen molar-refractivity contribution >= 4 is 21.8 Å². The monoisotopic (exact) mass is 333 g/mol. The van der Waals surface area contributed by atoms with Gasteiger partial charge in [-0.1, -0.05) is 46.3 Å². The van der Waals surface area contributed by atoms with E-state index < -0.39 is 0 Å². The Balaban J connectivity index is 2.20. The van der Waals surface area contributed by atoms with Crippen molar-refractivity contribution in [3.8, 4) is 11.1 Å². The number of amides is 1. The van der Waals surface area contributed by atoms with E-state index in [0.29, 0.717) is 18.7 Å². The van der Waals surface area contributed by atoms with Crippen LogP contribution in [0.3, 0.4) is 0 Å². The maximum atomic E-state index is 12.0. The summed E-state index contributed by atoms with van der Waals surface area (Å²) in [5.74, 6) is -0.0871. The van der Waals surface area contributed by atoms with Gasteiger partial charge in [0.25, 0.3) is 5.91 Å². The largest absolute Gasteiger partial charge is 0.383 e. The highest BCUT2D eigenvalue weighted by atomic mass is 79.9. The summed E-state index contributed by atoms with van der Waals surface area (Å²) in [6.45, 7) is 1.02. The molecule has 4 heteroatoms. The topological polar surface area (TPSA) is 38.3 Å². The van der Waals surface area contributed by atoms with E-state index in [0.717, 1.165) is 15.6 Å². The standard InChI is InChI=1S/C16H16BrNO2/c1-20-10-9-18-16(19)13-6-4-5-12(11-13)14-7-2-3-8-15(14)17/h2-8,11H,9-10H2,1H3,(H,18,19). The van der Waals surface area contributed by atoms with E-state index >= 15 is 0 Å². The van der Waals surface area contributed by atoms with Crippen molar-refractivity contribution in [3.63, 3.8) is 0 Å². The van der Waals surface area contributed by atoms with Crippen LogP contribution in [0.25, 0.3) is 11.1 Å². The average Bonchev–Trinajstić information content (AvgIpc) is 2.48. The Labute approximate surface area is 127 Å². The minimum Gasteiger partial charge on any atom is -0.383 e. The number of hydrogen-bond donors (Lipinski definition) is 1. The number of nitrogens with one attached hydrogen (secondary N) is 1. The van der Waals surface area contributed by atoms with Crippen LogP contribution in [0.4, 0.5) is 0 Å². The van der Waals surface area contributed by atoms with Crippen LogP contribution in [-0.4, -0.2) is 26.2 Å². The Hall–Kier alpha value is -1.65. The van der Waals surface area contributed by atoms with E-state index in [1.165, 1.54) is 0 Å². The lowest BCUT2D eigenvalue weighted by Gasteiger charge is -2.08. The third-order valence-electron chi connectivity index (χ3n) is 2.90. The van der Waals surface area contributed by atoms with Crippen molar-refractivity contribution < 1.29 is 9.53 Å². The van der Waals surface area contributed by atoms with E-state index in [4.69, 9.17) is 4.74 Å². The second kappa shape index (κ2) is 7.22. The second-order valence-corrected chi connectivity index (χ2v) is 5.16.